The molecule has 0 fully saturated rings. The molecule has 1 aromatic carbocycles. The molecule has 1 atom stereocenters. The predicted molar refractivity (Wildman–Crippen MR) is 79.8 cm³/mol. The molecule has 0 saturated heterocycles. The second-order valence-electron chi connectivity index (χ2n) is 4.02. The molecular formula is C14H12BrFN2S. The second-order valence-corrected chi connectivity index (χ2v) is 5.79. The lowest BCUT2D eigenvalue weighted by molar-refractivity contribution is 0.617. The smallest absolute Gasteiger partial charge is 0.161 e. The number of nitrogens with zero attached hydrogens (tertiary/aromatic N) is 1. The van der Waals surface area contributed by atoms with E-state index in [1.165, 1.54) is 4.88 Å². The molecule has 19 heavy (non-hydrogen) atoms. The van der Waals surface area contributed by atoms with Crippen molar-refractivity contribution in [3.8, 4) is 6.07 Å². The third kappa shape index (κ3) is 2.96. The Hall–Kier alpha value is -1.38. The summed E-state index contributed by atoms with van der Waals surface area (Å²) in [6, 6.07) is 9.25. The number of nitrogens with one attached hydrogen (secondary N) is 1. The fraction of sp³-hybridized carbons (Fsp3) is 0.214. The molecule has 1 unspecified atom stereocenters. The summed E-state index contributed by atoms with van der Waals surface area (Å²) in [5.41, 5.74) is 0.707. The topological polar surface area (TPSA) is 35.8 Å². The summed E-state index contributed by atoms with van der Waals surface area (Å²) in [6.45, 7) is 2.05. The van der Waals surface area contributed by atoms with Crippen molar-refractivity contribution in [1.29, 1.82) is 5.26 Å². The van der Waals surface area contributed by atoms with E-state index in [1.807, 2.05) is 30.5 Å². The van der Waals surface area contributed by atoms with Gasteiger partial charge in [0, 0.05) is 4.88 Å². The van der Waals surface area contributed by atoms with Crippen molar-refractivity contribution in [2.45, 2.75) is 19.4 Å². The molecule has 0 aliphatic rings. The van der Waals surface area contributed by atoms with Gasteiger partial charge in [0.15, 0.2) is 5.82 Å². The zero-order chi connectivity index (χ0) is 13.8. The molecule has 2 aromatic rings. The Morgan fingerprint density at radius 1 is 1.47 bits per heavy atom. The molecule has 2 nitrogen and oxygen atoms in total. The minimum Gasteiger partial charge on any atom is -0.375 e. The summed E-state index contributed by atoms with van der Waals surface area (Å²) in [6.07, 6.45) is 0.859. The largest absolute Gasteiger partial charge is 0.375 e. The van der Waals surface area contributed by atoms with Gasteiger partial charge in [0.05, 0.1) is 21.8 Å². The standard InChI is InChI=1S/C14H12BrFN2S/c1-2-10(12-4-3-7-19-12)18-11-6-5-9(8-17)13(15)14(11)16/h3-7,10,18H,2H2,1H3. The fourth-order valence-electron chi connectivity index (χ4n) is 1.80. The van der Waals surface area contributed by atoms with E-state index in [2.05, 4.69) is 21.2 Å². The average molecular weight is 339 g/mol. The number of hydrogen-bond donors (Lipinski definition) is 1. The first kappa shape index (κ1) is 14.0. The summed E-state index contributed by atoms with van der Waals surface area (Å²) in [5.74, 6) is -0.422. The van der Waals surface area contributed by atoms with E-state index in [9.17, 15) is 4.39 Å². The first-order valence-corrected chi connectivity index (χ1v) is 7.52. The third-order valence-corrected chi connectivity index (χ3v) is 4.59. The van der Waals surface area contributed by atoms with Crippen LogP contribution in [0.15, 0.2) is 34.1 Å². The van der Waals surface area contributed by atoms with Gasteiger partial charge in [0.1, 0.15) is 6.07 Å². The molecular weight excluding hydrogens is 327 g/mol. The number of nitriles is 1. The van der Waals surface area contributed by atoms with Crippen molar-refractivity contribution in [3.63, 3.8) is 0 Å². The number of hydrogen-bond acceptors (Lipinski definition) is 3. The second kappa shape index (κ2) is 6.18. The van der Waals surface area contributed by atoms with Gasteiger partial charge in [0.25, 0.3) is 0 Å². The Balaban J connectivity index is 2.29. The van der Waals surface area contributed by atoms with Crippen LogP contribution >= 0.6 is 27.3 Å². The quantitative estimate of drug-likeness (QED) is 0.843. The highest BCUT2D eigenvalue weighted by molar-refractivity contribution is 9.10. The maximum absolute atomic E-state index is 14.1. The van der Waals surface area contributed by atoms with Gasteiger partial charge < -0.3 is 5.32 Å². The van der Waals surface area contributed by atoms with Gasteiger partial charge in [-0.05, 0) is 45.9 Å². The van der Waals surface area contributed by atoms with Gasteiger partial charge in [-0.25, -0.2) is 4.39 Å². The van der Waals surface area contributed by atoms with Crippen LogP contribution in [0, 0.1) is 17.1 Å². The lowest BCUT2D eigenvalue weighted by atomic mass is 10.1. The normalized spacial score (nSPS) is 11.9. The third-order valence-electron chi connectivity index (χ3n) is 2.83. The molecule has 0 aliphatic heterocycles. The van der Waals surface area contributed by atoms with Gasteiger partial charge in [-0.1, -0.05) is 13.0 Å². The minimum absolute atomic E-state index is 0.0781. The molecule has 0 saturated carbocycles. The first-order chi connectivity index (χ1) is 9.17. The van der Waals surface area contributed by atoms with E-state index < -0.39 is 5.82 Å². The van der Waals surface area contributed by atoms with Crippen molar-refractivity contribution in [2.75, 3.05) is 5.32 Å². The van der Waals surface area contributed by atoms with Crippen LogP contribution in [-0.4, -0.2) is 0 Å². The highest BCUT2D eigenvalue weighted by Gasteiger charge is 2.15. The van der Waals surface area contributed by atoms with Crippen molar-refractivity contribution < 1.29 is 4.39 Å². The summed E-state index contributed by atoms with van der Waals surface area (Å²) >= 11 is 4.76. The predicted octanol–water partition coefficient (Wildman–Crippen LogP) is 5.08. The maximum Gasteiger partial charge on any atom is 0.161 e. The zero-order valence-electron chi connectivity index (χ0n) is 10.3. The number of rotatable bonds is 4. The maximum atomic E-state index is 14.1. The molecule has 1 aromatic heterocycles. The number of benzene rings is 1. The lowest BCUT2D eigenvalue weighted by Gasteiger charge is -2.18. The Kier molecular flexibility index (Phi) is 4.56. The molecule has 0 amide bonds. The van der Waals surface area contributed by atoms with Crippen molar-refractivity contribution in [3.05, 3.63) is 50.4 Å². The first-order valence-electron chi connectivity index (χ1n) is 5.85. The zero-order valence-corrected chi connectivity index (χ0v) is 12.7. The van der Waals surface area contributed by atoms with E-state index in [0.717, 1.165) is 6.42 Å². The van der Waals surface area contributed by atoms with Crippen LogP contribution in [0.5, 0.6) is 0 Å². The van der Waals surface area contributed by atoms with Gasteiger partial charge in [-0.3, -0.25) is 0 Å². The van der Waals surface area contributed by atoms with Crippen LogP contribution in [0.2, 0.25) is 0 Å². The van der Waals surface area contributed by atoms with E-state index in [4.69, 9.17) is 5.26 Å². The number of halogens is 2. The lowest BCUT2D eigenvalue weighted by Crippen LogP contribution is -2.09. The molecule has 1 N–H and O–H groups in total. The molecule has 0 bridgehead atoms. The Morgan fingerprint density at radius 3 is 2.84 bits per heavy atom. The molecule has 0 radical (unpaired) electrons. The summed E-state index contributed by atoms with van der Waals surface area (Å²) in [7, 11) is 0. The van der Waals surface area contributed by atoms with Crippen LogP contribution in [-0.2, 0) is 0 Å². The average Bonchev–Trinajstić information content (AvgIpc) is 2.94. The van der Waals surface area contributed by atoms with Crippen LogP contribution in [0.4, 0.5) is 10.1 Å². The highest BCUT2D eigenvalue weighted by Crippen LogP contribution is 2.31. The van der Waals surface area contributed by atoms with E-state index in [1.54, 1.807) is 23.5 Å². The number of thiophene rings is 1. The van der Waals surface area contributed by atoms with Gasteiger partial charge >= 0.3 is 0 Å². The van der Waals surface area contributed by atoms with Gasteiger partial charge in [-0.2, -0.15) is 5.26 Å². The van der Waals surface area contributed by atoms with Crippen molar-refractivity contribution >= 4 is 33.0 Å². The van der Waals surface area contributed by atoms with Crippen LogP contribution in [0.25, 0.3) is 0 Å². The molecule has 98 valence electrons. The summed E-state index contributed by atoms with van der Waals surface area (Å²) in [5, 5.41) is 14.0. The fourth-order valence-corrected chi connectivity index (χ4v) is 3.09. The molecule has 2 rings (SSSR count). The van der Waals surface area contributed by atoms with E-state index in [0.29, 0.717) is 11.3 Å². The Bertz CT molecular complexity index is 605. The van der Waals surface area contributed by atoms with Gasteiger partial charge in [-0.15, -0.1) is 11.3 Å². The monoisotopic (exact) mass is 338 g/mol. The molecule has 0 aliphatic carbocycles. The Morgan fingerprint density at radius 2 is 2.26 bits per heavy atom. The molecule has 0 spiro atoms. The van der Waals surface area contributed by atoms with E-state index >= 15 is 0 Å². The number of anilines is 1. The molecule has 5 heteroatoms. The summed E-state index contributed by atoms with van der Waals surface area (Å²) in [4.78, 5) is 1.17. The van der Waals surface area contributed by atoms with Crippen LogP contribution in [0.3, 0.4) is 0 Å². The summed E-state index contributed by atoms with van der Waals surface area (Å²) < 4.78 is 14.3. The van der Waals surface area contributed by atoms with Crippen molar-refractivity contribution in [1.82, 2.24) is 0 Å². The van der Waals surface area contributed by atoms with Crippen molar-refractivity contribution in [2.24, 2.45) is 0 Å². The van der Waals surface area contributed by atoms with Gasteiger partial charge in [0.2, 0.25) is 0 Å². The highest BCUT2D eigenvalue weighted by atomic mass is 79.9. The SMILES string of the molecule is CCC(Nc1ccc(C#N)c(Br)c1F)c1cccs1. The molecule has 1 heterocycles. The van der Waals surface area contributed by atoms with Crippen LogP contribution < -0.4 is 5.32 Å². The van der Waals surface area contributed by atoms with E-state index in [-0.39, 0.29) is 10.5 Å². The van der Waals surface area contributed by atoms with Crippen LogP contribution in [0.1, 0.15) is 29.8 Å². The minimum atomic E-state index is -0.422. The Labute approximate surface area is 124 Å².